The second kappa shape index (κ2) is 4.01. The summed E-state index contributed by atoms with van der Waals surface area (Å²) >= 11 is 0. The zero-order valence-electron chi connectivity index (χ0n) is 9.64. The van der Waals surface area contributed by atoms with Crippen molar-refractivity contribution in [3.05, 3.63) is 59.8 Å². The van der Waals surface area contributed by atoms with E-state index in [1.54, 1.807) is 6.33 Å². The number of aromatic amines is 1. The second-order valence-corrected chi connectivity index (χ2v) is 4.18. The number of aryl methyl sites for hydroxylation is 1. The average Bonchev–Trinajstić information content (AvgIpc) is 2.86. The van der Waals surface area contributed by atoms with Gasteiger partial charge in [0.1, 0.15) is 0 Å². The van der Waals surface area contributed by atoms with Crippen LogP contribution in [0.25, 0.3) is 10.9 Å². The third-order valence-corrected chi connectivity index (χ3v) is 3.08. The minimum atomic E-state index is 0.873. The Kier molecular flexibility index (Phi) is 2.37. The van der Waals surface area contributed by atoms with Gasteiger partial charge in [-0.15, -0.1) is 0 Å². The van der Waals surface area contributed by atoms with Crippen LogP contribution >= 0.6 is 0 Å². The molecule has 0 aliphatic heterocycles. The van der Waals surface area contributed by atoms with Crippen LogP contribution in [0.15, 0.2) is 43.0 Å². The lowest BCUT2D eigenvalue weighted by molar-refractivity contribution is 1.09. The standard InChI is InChI=1S/C14H13N3/c1-10-12(7-13-8-15-9-17-13)5-4-11-3-2-6-16-14(10)11/h2-6,8-9H,7H2,1H3,(H,15,17). The molecular weight excluding hydrogens is 210 g/mol. The zero-order chi connectivity index (χ0) is 11.7. The van der Waals surface area contributed by atoms with Gasteiger partial charge in [-0.05, 0) is 24.1 Å². The summed E-state index contributed by atoms with van der Waals surface area (Å²) in [7, 11) is 0. The summed E-state index contributed by atoms with van der Waals surface area (Å²) < 4.78 is 0. The molecule has 3 rings (SSSR count). The van der Waals surface area contributed by atoms with Gasteiger partial charge in [-0.3, -0.25) is 4.98 Å². The van der Waals surface area contributed by atoms with E-state index < -0.39 is 0 Å². The normalized spacial score (nSPS) is 10.9. The molecule has 0 saturated heterocycles. The van der Waals surface area contributed by atoms with Crippen LogP contribution < -0.4 is 0 Å². The molecule has 0 fully saturated rings. The minimum absolute atomic E-state index is 0.873. The van der Waals surface area contributed by atoms with Crippen LogP contribution in [0.1, 0.15) is 16.8 Å². The van der Waals surface area contributed by atoms with Gasteiger partial charge in [0.15, 0.2) is 0 Å². The van der Waals surface area contributed by atoms with E-state index in [4.69, 9.17) is 0 Å². The van der Waals surface area contributed by atoms with E-state index >= 15 is 0 Å². The lowest BCUT2D eigenvalue weighted by Gasteiger charge is -2.07. The van der Waals surface area contributed by atoms with Gasteiger partial charge in [0.2, 0.25) is 0 Å². The van der Waals surface area contributed by atoms with Crippen LogP contribution in [0.4, 0.5) is 0 Å². The first-order valence-electron chi connectivity index (χ1n) is 5.65. The van der Waals surface area contributed by atoms with Gasteiger partial charge in [0.25, 0.3) is 0 Å². The molecule has 0 radical (unpaired) electrons. The van der Waals surface area contributed by atoms with Crippen LogP contribution in [0, 0.1) is 6.92 Å². The molecule has 0 aliphatic rings. The largest absolute Gasteiger partial charge is 0.348 e. The number of imidazole rings is 1. The number of pyridine rings is 1. The maximum Gasteiger partial charge on any atom is 0.0921 e. The number of nitrogens with zero attached hydrogens (tertiary/aromatic N) is 2. The van der Waals surface area contributed by atoms with Crippen LogP contribution in [0.5, 0.6) is 0 Å². The molecule has 3 heteroatoms. The van der Waals surface area contributed by atoms with Crippen molar-refractivity contribution in [2.45, 2.75) is 13.3 Å². The molecule has 3 nitrogen and oxygen atoms in total. The number of nitrogens with one attached hydrogen (secondary N) is 1. The molecule has 3 aromatic rings. The van der Waals surface area contributed by atoms with Crippen molar-refractivity contribution in [1.29, 1.82) is 0 Å². The SMILES string of the molecule is Cc1c(Cc2cnc[nH]2)ccc2cccnc12. The fourth-order valence-corrected chi connectivity index (χ4v) is 2.11. The first-order valence-corrected chi connectivity index (χ1v) is 5.65. The predicted octanol–water partition coefficient (Wildman–Crippen LogP) is 2.86. The second-order valence-electron chi connectivity index (χ2n) is 4.18. The van der Waals surface area contributed by atoms with Gasteiger partial charge in [0, 0.05) is 29.9 Å². The highest BCUT2D eigenvalue weighted by molar-refractivity contribution is 5.82. The highest BCUT2D eigenvalue weighted by Gasteiger charge is 2.05. The van der Waals surface area contributed by atoms with E-state index in [1.807, 2.05) is 18.5 Å². The van der Waals surface area contributed by atoms with Crippen LogP contribution in [0.3, 0.4) is 0 Å². The Morgan fingerprint density at radius 2 is 2.18 bits per heavy atom. The van der Waals surface area contributed by atoms with Crippen molar-refractivity contribution in [1.82, 2.24) is 15.0 Å². The van der Waals surface area contributed by atoms with E-state index in [-0.39, 0.29) is 0 Å². The molecular formula is C14H13N3. The van der Waals surface area contributed by atoms with Crippen LogP contribution in [-0.2, 0) is 6.42 Å². The van der Waals surface area contributed by atoms with Gasteiger partial charge in [0.05, 0.1) is 11.8 Å². The third-order valence-electron chi connectivity index (χ3n) is 3.08. The fraction of sp³-hybridized carbons (Fsp3) is 0.143. The maximum absolute atomic E-state index is 4.44. The Balaban J connectivity index is 2.09. The van der Waals surface area contributed by atoms with Crippen molar-refractivity contribution in [2.24, 2.45) is 0 Å². The van der Waals surface area contributed by atoms with E-state index in [0.717, 1.165) is 17.6 Å². The molecule has 2 aromatic heterocycles. The van der Waals surface area contributed by atoms with Gasteiger partial charge >= 0.3 is 0 Å². The van der Waals surface area contributed by atoms with Crippen LogP contribution in [0.2, 0.25) is 0 Å². The Morgan fingerprint density at radius 3 is 3.00 bits per heavy atom. The van der Waals surface area contributed by atoms with Crippen molar-refractivity contribution >= 4 is 10.9 Å². The summed E-state index contributed by atoms with van der Waals surface area (Å²) in [6, 6.07) is 8.35. The van der Waals surface area contributed by atoms with Gasteiger partial charge in [-0.2, -0.15) is 0 Å². The molecule has 0 amide bonds. The first-order chi connectivity index (χ1) is 8.34. The van der Waals surface area contributed by atoms with Crippen molar-refractivity contribution in [2.75, 3.05) is 0 Å². The number of benzene rings is 1. The number of aromatic nitrogens is 3. The van der Waals surface area contributed by atoms with E-state index in [0.29, 0.717) is 0 Å². The number of rotatable bonds is 2. The van der Waals surface area contributed by atoms with E-state index in [9.17, 15) is 0 Å². The predicted molar refractivity (Wildman–Crippen MR) is 67.9 cm³/mol. The molecule has 17 heavy (non-hydrogen) atoms. The van der Waals surface area contributed by atoms with E-state index in [1.165, 1.54) is 16.5 Å². The Bertz CT molecular complexity index is 642. The molecule has 2 heterocycles. The minimum Gasteiger partial charge on any atom is -0.348 e. The molecule has 0 bridgehead atoms. The molecule has 1 N–H and O–H groups in total. The van der Waals surface area contributed by atoms with Gasteiger partial charge in [-0.1, -0.05) is 18.2 Å². The summed E-state index contributed by atoms with van der Waals surface area (Å²) in [4.78, 5) is 11.6. The summed E-state index contributed by atoms with van der Waals surface area (Å²) in [6.07, 6.45) is 6.29. The summed E-state index contributed by atoms with van der Waals surface area (Å²) in [6.45, 7) is 2.13. The Morgan fingerprint density at radius 1 is 1.24 bits per heavy atom. The highest BCUT2D eigenvalue weighted by atomic mass is 14.9. The molecule has 0 saturated carbocycles. The topological polar surface area (TPSA) is 41.6 Å². The lowest BCUT2D eigenvalue weighted by Crippen LogP contribution is -1.94. The van der Waals surface area contributed by atoms with Crippen molar-refractivity contribution < 1.29 is 0 Å². The van der Waals surface area contributed by atoms with Crippen molar-refractivity contribution in [3.8, 4) is 0 Å². The summed E-state index contributed by atoms with van der Waals surface area (Å²) in [5.41, 5.74) is 4.76. The summed E-state index contributed by atoms with van der Waals surface area (Å²) in [5.74, 6) is 0. The number of hydrogen-bond donors (Lipinski definition) is 1. The molecule has 84 valence electrons. The van der Waals surface area contributed by atoms with Crippen molar-refractivity contribution in [3.63, 3.8) is 0 Å². The molecule has 0 atom stereocenters. The Hall–Kier alpha value is -2.16. The fourth-order valence-electron chi connectivity index (χ4n) is 2.11. The monoisotopic (exact) mass is 223 g/mol. The highest BCUT2D eigenvalue weighted by Crippen LogP contribution is 2.21. The molecule has 0 unspecified atom stereocenters. The first kappa shape index (κ1) is 10.0. The maximum atomic E-state index is 4.44. The molecule has 0 spiro atoms. The van der Waals surface area contributed by atoms with E-state index in [2.05, 4.69) is 40.1 Å². The number of fused-ring (bicyclic) bond motifs is 1. The number of H-pyrrole nitrogens is 1. The third kappa shape index (κ3) is 1.80. The molecule has 0 aliphatic carbocycles. The van der Waals surface area contributed by atoms with Gasteiger partial charge < -0.3 is 4.98 Å². The Labute approximate surface area is 99.5 Å². The average molecular weight is 223 g/mol. The van der Waals surface area contributed by atoms with Gasteiger partial charge in [-0.25, -0.2) is 4.98 Å². The molecule has 1 aromatic carbocycles. The smallest absolute Gasteiger partial charge is 0.0921 e. The quantitative estimate of drug-likeness (QED) is 0.725. The number of hydrogen-bond acceptors (Lipinski definition) is 2. The zero-order valence-corrected chi connectivity index (χ0v) is 9.64. The van der Waals surface area contributed by atoms with Crippen LogP contribution in [-0.4, -0.2) is 15.0 Å². The summed E-state index contributed by atoms with van der Waals surface area (Å²) in [5, 5.41) is 1.19. The lowest BCUT2D eigenvalue weighted by atomic mass is 10.0.